The van der Waals surface area contributed by atoms with Crippen LogP contribution in [0.1, 0.15) is 55.8 Å². The average Bonchev–Trinajstić information content (AvgIpc) is 2.40. The minimum absolute atomic E-state index is 0.0766. The zero-order valence-electron chi connectivity index (χ0n) is 12.8. The van der Waals surface area contributed by atoms with Crippen LogP contribution in [0.4, 0.5) is 0 Å². The lowest BCUT2D eigenvalue weighted by molar-refractivity contribution is -0.0896. The summed E-state index contributed by atoms with van der Waals surface area (Å²) in [6.07, 6.45) is 3.60. The molecule has 106 valence electrons. The average molecular weight is 261 g/mol. The molecule has 2 nitrogen and oxygen atoms in total. The van der Waals surface area contributed by atoms with E-state index in [1.54, 1.807) is 0 Å². The van der Waals surface area contributed by atoms with Gasteiger partial charge in [0.25, 0.3) is 0 Å². The lowest BCUT2D eigenvalue weighted by Crippen LogP contribution is -2.46. The molecular weight excluding hydrogens is 234 g/mol. The maximum absolute atomic E-state index is 6.17. The van der Waals surface area contributed by atoms with Crippen molar-refractivity contribution < 1.29 is 4.74 Å². The first-order valence-electron chi connectivity index (χ1n) is 7.51. The van der Waals surface area contributed by atoms with Crippen molar-refractivity contribution in [2.24, 2.45) is 0 Å². The molecule has 19 heavy (non-hydrogen) atoms. The lowest BCUT2D eigenvalue weighted by atomic mass is 9.82. The van der Waals surface area contributed by atoms with Crippen molar-refractivity contribution in [1.82, 2.24) is 5.32 Å². The molecule has 2 heteroatoms. The maximum atomic E-state index is 6.17. The van der Waals surface area contributed by atoms with Crippen LogP contribution in [0.5, 0.6) is 0 Å². The molecule has 0 amide bonds. The monoisotopic (exact) mass is 261 g/mol. The van der Waals surface area contributed by atoms with Crippen molar-refractivity contribution >= 4 is 0 Å². The van der Waals surface area contributed by atoms with Crippen LogP contribution in [0.3, 0.4) is 0 Å². The Morgan fingerprint density at radius 3 is 2.74 bits per heavy atom. The standard InChI is InChI=1S/C17H27NO/c1-5-18-16(17(4)10-6-7-11-19-17)15-12-13(2)8-9-14(15)3/h8-9,12,16,18H,5-7,10-11H2,1-4H3. The van der Waals surface area contributed by atoms with E-state index in [2.05, 4.69) is 51.2 Å². The molecule has 0 saturated carbocycles. The summed E-state index contributed by atoms with van der Waals surface area (Å²) in [5, 5.41) is 3.65. The number of hydrogen-bond acceptors (Lipinski definition) is 2. The Morgan fingerprint density at radius 1 is 1.32 bits per heavy atom. The normalized spacial score (nSPS) is 25.3. The van der Waals surface area contributed by atoms with Gasteiger partial charge in [-0.25, -0.2) is 0 Å². The molecule has 1 aromatic carbocycles. The first-order valence-corrected chi connectivity index (χ1v) is 7.51. The third-order valence-electron chi connectivity index (χ3n) is 4.26. The molecule has 2 unspecified atom stereocenters. The Kier molecular flexibility index (Phi) is 4.64. The molecule has 1 aliphatic heterocycles. The van der Waals surface area contributed by atoms with Gasteiger partial charge < -0.3 is 10.1 Å². The largest absolute Gasteiger partial charge is 0.373 e. The Hall–Kier alpha value is -0.860. The highest BCUT2D eigenvalue weighted by atomic mass is 16.5. The van der Waals surface area contributed by atoms with Gasteiger partial charge in [-0.15, -0.1) is 0 Å². The third kappa shape index (κ3) is 3.18. The second-order valence-corrected chi connectivity index (χ2v) is 5.97. The van der Waals surface area contributed by atoms with Gasteiger partial charge in [0, 0.05) is 6.61 Å². The number of nitrogens with one attached hydrogen (secondary N) is 1. The minimum Gasteiger partial charge on any atom is -0.373 e. The van der Waals surface area contributed by atoms with E-state index in [0.717, 1.165) is 19.6 Å². The third-order valence-corrected chi connectivity index (χ3v) is 4.26. The maximum Gasteiger partial charge on any atom is 0.0848 e. The van der Waals surface area contributed by atoms with E-state index < -0.39 is 0 Å². The molecule has 0 aliphatic carbocycles. The molecule has 0 radical (unpaired) electrons. The van der Waals surface area contributed by atoms with Crippen LogP contribution in [0, 0.1) is 13.8 Å². The summed E-state index contributed by atoms with van der Waals surface area (Å²) in [6, 6.07) is 7.01. The van der Waals surface area contributed by atoms with E-state index in [1.807, 2.05) is 0 Å². The van der Waals surface area contributed by atoms with E-state index >= 15 is 0 Å². The highest BCUT2D eigenvalue weighted by Crippen LogP contribution is 2.37. The van der Waals surface area contributed by atoms with Crippen LogP contribution in [-0.4, -0.2) is 18.8 Å². The van der Waals surface area contributed by atoms with Crippen molar-refractivity contribution in [3.63, 3.8) is 0 Å². The highest BCUT2D eigenvalue weighted by molar-refractivity contribution is 5.34. The first kappa shape index (κ1) is 14.5. The van der Waals surface area contributed by atoms with Gasteiger partial charge in [-0.05, 0) is 57.7 Å². The topological polar surface area (TPSA) is 21.3 Å². The van der Waals surface area contributed by atoms with Crippen molar-refractivity contribution in [2.45, 2.75) is 58.6 Å². The molecular formula is C17H27NO. The first-order chi connectivity index (χ1) is 9.07. The van der Waals surface area contributed by atoms with Gasteiger partial charge in [0.2, 0.25) is 0 Å². The van der Waals surface area contributed by atoms with E-state index in [-0.39, 0.29) is 11.6 Å². The Morgan fingerprint density at radius 2 is 2.11 bits per heavy atom. The van der Waals surface area contributed by atoms with Crippen LogP contribution in [0.25, 0.3) is 0 Å². The van der Waals surface area contributed by atoms with E-state index in [0.29, 0.717) is 0 Å². The zero-order valence-corrected chi connectivity index (χ0v) is 12.8. The van der Waals surface area contributed by atoms with Crippen molar-refractivity contribution in [1.29, 1.82) is 0 Å². The zero-order chi connectivity index (χ0) is 13.9. The van der Waals surface area contributed by atoms with Gasteiger partial charge in [-0.3, -0.25) is 0 Å². The van der Waals surface area contributed by atoms with Crippen molar-refractivity contribution in [3.05, 3.63) is 34.9 Å². The van der Waals surface area contributed by atoms with Gasteiger partial charge in [0.05, 0.1) is 11.6 Å². The molecule has 1 aliphatic rings. The SMILES string of the molecule is CCNC(c1cc(C)ccc1C)C1(C)CCCCO1. The molecule has 2 atom stereocenters. The minimum atomic E-state index is -0.0766. The van der Waals surface area contributed by atoms with Gasteiger partial charge in [-0.1, -0.05) is 30.7 Å². The molecule has 0 spiro atoms. The van der Waals surface area contributed by atoms with Gasteiger partial charge in [-0.2, -0.15) is 0 Å². The Bertz CT molecular complexity index is 421. The van der Waals surface area contributed by atoms with Crippen molar-refractivity contribution in [2.75, 3.05) is 13.2 Å². The summed E-state index contributed by atoms with van der Waals surface area (Å²) in [6.45, 7) is 10.7. The summed E-state index contributed by atoms with van der Waals surface area (Å²) in [4.78, 5) is 0. The van der Waals surface area contributed by atoms with Crippen LogP contribution >= 0.6 is 0 Å². The van der Waals surface area contributed by atoms with Crippen LogP contribution in [0.2, 0.25) is 0 Å². The fourth-order valence-electron chi connectivity index (χ4n) is 3.11. The second-order valence-electron chi connectivity index (χ2n) is 5.97. The quantitative estimate of drug-likeness (QED) is 0.887. The Balaban J connectivity index is 2.35. The molecule has 2 rings (SSSR count). The molecule has 0 aromatic heterocycles. The van der Waals surface area contributed by atoms with Gasteiger partial charge >= 0.3 is 0 Å². The van der Waals surface area contributed by atoms with Crippen LogP contribution in [-0.2, 0) is 4.74 Å². The number of benzene rings is 1. The summed E-state index contributed by atoms with van der Waals surface area (Å²) < 4.78 is 6.17. The number of ether oxygens (including phenoxy) is 1. The predicted molar refractivity (Wildman–Crippen MR) is 80.5 cm³/mol. The van der Waals surface area contributed by atoms with Crippen LogP contribution in [0.15, 0.2) is 18.2 Å². The fraction of sp³-hybridized carbons (Fsp3) is 0.647. The van der Waals surface area contributed by atoms with Gasteiger partial charge in [0.15, 0.2) is 0 Å². The highest BCUT2D eigenvalue weighted by Gasteiger charge is 2.37. The molecule has 1 aromatic rings. The molecule has 1 heterocycles. The lowest BCUT2D eigenvalue weighted by Gasteiger charge is -2.42. The molecule has 1 saturated heterocycles. The second kappa shape index (κ2) is 6.06. The predicted octanol–water partition coefficient (Wildman–Crippen LogP) is 3.91. The summed E-state index contributed by atoms with van der Waals surface area (Å²) in [5.74, 6) is 0. The van der Waals surface area contributed by atoms with E-state index in [4.69, 9.17) is 4.74 Å². The molecule has 1 N–H and O–H groups in total. The van der Waals surface area contributed by atoms with Gasteiger partial charge in [0.1, 0.15) is 0 Å². The summed E-state index contributed by atoms with van der Waals surface area (Å²) in [5.41, 5.74) is 3.99. The van der Waals surface area contributed by atoms with E-state index in [9.17, 15) is 0 Å². The summed E-state index contributed by atoms with van der Waals surface area (Å²) >= 11 is 0. The fourth-order valence-corrected chi connectivity index (χ4v) is 3.11. The molecule has 1 fully saturated rings. The Labute approximate surface area is 117 Å². The smallest absolute Gasteiger partial charge is 0.0848 e. The number of hydrogen-bond donors (Lipinski definition) is 1. The van der Waals surface area contributed by atoms with Crippen LogP contribution < -0.4 is 5.32 Å². The number of likely N-dealkylation sites (N-methyl/N-ethyl adjacent to an activating group) is 1. The number of rotatable bonds is 4. The number of aryl methyl sites for hydroxylation is 2. The van der Waals surface area contributed by atoms with Crippen molar-refractivity contribution in [3.8, 4) is 0 Å². The molecule has 0 bridgehead atoms. The summed E-state index contributed by atoms with van der Waals surface area (Å²) in [7, 11) is 0. The van der Waals surface area contributed by atoms with E-state index in [1.165, 1.54) is 29.5 Å².